The third kappa shape index (κ3) is 2.89. The van der Waals surface area contributed by atoms with Crippen LogP contribution in [0.2, 0.25) is 0 Å². The van der Waals surface area contributed by atoms with Crippen molar-refractivity contribution in [2.75, 3.05) is 13.1 Å². The van der Waals surface area contributed by atoms with Crippen molar-refractivity contribution in [2.24, 2.45) is 11.7 Å². The Morgan fingerprint density at radius 1 is 1.15 bits per heavy atom. The van der Waals surface area contributed by atoms with Gasteiger partial charge in [-0.2, -0.15) is 0 Å². The maximum Gasteiger partial charge on any atom is 0.0366 e. The fourth-order valence-electron chi connectivity index (χ4n) is 4.19. The van der Waals surface area contributed by atoms with Gasteiger partial charge in [-0.05, 0) is 56.3 Å². The monoisotopic (exact) mass is 273 g/mol. The predicted molar refractivity (Wildman–Crippen MR) is 82.3 cm³/mol. The third-order valence-electron chi connectivity index (χ3n) is 5.21. The van der Waals surface area contributed by atoms with Crippen LogP contribution in [-0.4, -0.2) is 29.0 Å². The molecule has 20 heavy (non-hydrogen) atoms. The zero-order valence-electron chi connectivity index (χ0n) is 12.4. The van der Waals surface area contributed by atoms with Gasteiger partial charge in [0.1, 0.15) is 0 Å². The minimum atomic E-state index is 0.570. The van der Waals surface area contributed by atoms with E-state index in [2.05, 4.69) is 28.2 Å². The van der Waals surface area contributed by atoms with Gasteiger partial charge in [0.25, 0.3) is 0 Å². The second-order valence-electron chi connectivity index (χ2n) is 6.38. The molecule has 110 valence electrons. The van der Waals surface area contributed by atoms with Crippen LogP contribution in [-0.2, 0) is 0 Å². The topological polar surface area (TPSA) is 42.1 Å². The molecule has 1 aliphatic carbocycles. The summed E-state index contributed by atoms with van der Waals surface area (Å²) in [4.78, 5) is 7.07. The van der Waals surface area contributed by atoms with Gasteiger partial charge in [0.15, 0.2) is 0 Å². The molecule has 3 unspecified atom stereocenters. The van der Waals surface area contributed by atoms with Gasteiger partial charge in [0.05, 0.1) is 0 Å². The maximum atomic E-state index is 6.08. The van der Waals surface area contributed by atoms with E-state index in [4.69, 9.17) is 5.73 Å². The summed E-state index contributed by atoms with van der Waals surface area (Å²) in [6.45, 7) is 2.08. The minimum absolute atomic E-state index is 0.570. The first-order valence-electron chi connectivity index (χ1n) is 8.26. The van der Waals surface area contributed by atoms with Crippen molar-refractivity contribution in [1.29, 1.82) is 0 Å². The Labute approximate surface area is 122 Å². The van der Waals surface area contributed by atoms with Crippen molar-refractivity contribution in [1.82, 2.24) is 9.88 Å². The van der Waals surface area contributed by atoms with Crippen LogP contribution < -0.4 is 5.73 Å². The van der Waals surface area contributed by atoms with E-state index in [1.165, 1.54) is 57.1 Å². The fourth-order valence-corrected chi connectivity index (χ4v) is 4.19. The van der Waals surface area contributed by atoms with Gasteiger partial charge in [-0.15, -0.1) is 0 Å². The molecule has 0 amide bonds. The summed E-state index contributed by atoms with van der Waals surface area (Å²) in [5.41, 5.74) is 7.47. The van der Waals surface area contributed by atoms with E-state index in [0.717, 1.165) is 6.54 Å². The zero-order valence-corrected chi connectivity index (χ0v) is 12.4. The van der Waals surface area contributed by atoms with Gasteiger partial charge in [-0.3, -0.25) is 9.88 Å². The fraction of sp³-hybridized carbons (Fsp3) is 0.706. The summed E-state index contributed by atoms with van der Waals surface area (Å²) in [7, 11) is 0. The Hall–Kier alpha value is -0.930. The lowest BCUT2D eigenvalue weighted by Gasteiger charge is -2.37. The van der Waals surface area contributed by atoms with Gasteiger partial charge in [-0.1, -0.05) is 25.3 Å². The highest BCUT2D eigenvalue weighted by Crippen LogP contribution is 2.38. The molecule has 2 N–H and O–H groups in total. The van der Waals surface area contributed by atoms with Crippen LogP contribution in [0.15, 0.2) is 24.5 Å². The second-order valence-corrected chi connectivity index (χ2v) is 6.38. The first-order chi connectivity index (χ1) is 9.90. The Bertz CT molecular complexity index is 406. The average molecular weight is 273 g/mol. The standard InChI is InChI=1S/C17H27N3/c18-12-14-6-2-1-3-8-16(14)20-11-5-9-17(20)15-7-4-10-19-13-15/h4,7,10,13-14,16-17H,1-3,5-6,8-9,11-12,18H2. The Balaban J connectivity index is 1.79. The minimum Gasteiger partial charge on any atom is -0.330 e. The van der Waals surface area contributed by atoms with E-state index >= 15 is 0 Å². The lowest BCUT2D eigenvalue weighted by atomic mass is 9.92. The molecule has 1 aromatic rings. The Morgan fingerprint density at radius 2 is 2.05 bits per heavy atom. The predicted octanol–water partition coefficient (Wildman–Crippen LogP) is 3.13. The lowest BCUT2D eigenvalue weighted by Crippen LogP contribution is -2.42. The van der Waals surface area contributed by atoms with Crippen LogP contribution in [0.3, 0.4) is 0 Å². The second kappa shape index (κ2) is 6.68. The highest BCUT2D eigenvalue weighted by atomic mass is 15.2. The molecular formula is C17H27N3. The molecule has 0 bridgehead atoms. The number of nitrogens with two attached hydrogens (primary N) is 1. The van der Waals surface area contributed by atoms with E-state index in [1.807, 2.05) is 6.20 Å². The van der Waals surface area contributed by atoms with Crippen molar-refractivity contribution in [3.8, 4) is 0 Å². The van der Waals surface area contributed by atoms with Crippen molar-refractivity contribution in [3.63, 3.8) is 0 Å². The van der Waals surface area contributed by atoms with Gasteiger partial charge < -0.3 is 5.73 Å². The molecule has 0 aromatic carbocycles. The average Bonchev–Trinajstić information content (AvgIpc) is 2.86. The third-order valence-corrected chi connectivity index (χ3v) is 5.21. The molecular weight excluding hydrogens is 246 g/mol. The van der Waals surface area contributed by atoms with E-state index < -0.39 is 0 Å². The summed E-state index contributed by atoms with van der Waals surface area (Å²) in [6.07, 6.45) is 13.3. The Kier molecular flexibility index (Phi) is 4.69. The highest BCUT2D eigenvalue weighted by Gasteiger charge is 2.35. The lowest BCUT2D eigenvalue weighted by molar-refractivity contribution is 0.122. The summed E-state index contributed by atoms with van der Waals surface area (Å²) in [5.74, 6) is 0.690. The van der Waals surface area contributed by atoms with Gasteiger partial charge in [0.2, 0.25) is 0 Å². The van der Waals surface area contributed by atoms with Gasteiger partial charge in [-0.25, -0.2) is 0 Å². The van der Waals surface area contributed by atoms with Crippen molar-refractivity contribution >= 4 is 0 Å². The normalized spacial score (nSPS) is 32.1. The van der Waals surface area contributed by atoms with Crippen LogP contribution >= 0.6 is 0 Å². The van der Waals surface area contributed by atoms with E-state index in [1.54, 1.807) is 0 Å². The molecule has 3 rings (SSSR count). The molecule has 1 saturated heterocycles. The number of pyridine rings is 1. The summed E-state index contributed by atoms with van der Waals surface area (Å²) in [5, 5.41) is 0. The van der Waals surface area contributed by atoms with E-state index in [0.29, 0.717) is 18.0 Å². The molecule has 3 atom stereocenters. The highest BCUT2D eigenvalue weighted by molar-refractivity contribution is 5.16. The summed E-state index contributed by atoms with van der Waals surface area (Å²) in [6, 6.07) is 5.57. The SMILES string of the molecule is NCC1CCCCCC1N1CCCC1c1cccnc1. The molecule has 0 radical (unpaired) electrons. The van der Waals surface area contributed by atoms with Crippen LogP contribution in [0.25, 0.3) is 0 Å². The quantitative estimate of drug-likeness (QED) is 0.860. The Morgan fingerprint density at radius 3 is 2.85 bits per heavy atom. The number of likely N-dealkylation sites (tertiary alicyclic amines) is 1. The number of rotatable bonds is 3. The van der Waals surface area contributed by atoms with Gasteiger partial charge in [0, 0.05) is 24.5 Å². The van der Waals surface area contributed by atoms with Crippen LogP contribution in [0.5, 0.6) is 0 Å². The molecule has 0 spiro atoms. The number of hydrogen-bond donors (Lipinski definition) is 1. The molecule has 2 aliphatic rings. The number of hydrogen-bond acceptors (Lipinski definition) is 3. The van der Waals surface area contributed by atoms with E-state index in [9.17, 15) is 0 Å². The molecule has 3 heteroatoms. The summed E-state index contributed by atoms with van der Waals surface area (Å²) >= 11 is 0. The molecule has 1 aromatic heterocycles. The first kappa shape index (κ1) is 14.0. The van der Waals surface area contributed by atoms with Crippen molar-refractivity contribution < 1.29 is 0 Å². The van der Waals surface area contributed by atoms with Crippen LogP contribution in [0, 0.1) is 5.92 Å². The smallest absolute Gasteiger partial charge is 0.0366 e. The van der Waals surface area contributed by atoms with Crippen molar-refractivity contribution in [3.05, 3.63) is 30.1 Å². The first-order valence-corrected chi connectivity index (χ1v) is 8.26. The summed E-state index contributed by atoms with van der Waals surface area (Å²) < 4.78 is 0. The molecule has 1 saturated carbocycles. The molecule has 2 fully saturated rings. The van der Waals surface area contributed by atoms with Crippen LogP contribution in [0.1, 0.15) is 56.6 Å². The van der Waals surface area contributed by atoms with Crippen molar-refractivity contribution in [2.45, 2.75) is 57.0 Å². The number of nitrogens with zero attached hydrogens (tertiary/aromatic N) is 2. The van der Waals surface area contributed by atoms with Crippen LogP contribution in [0.4, 0.5) is 0 Å². The molecule has 2 heterocycles. The maximum absolute atomic E-state index is 6.08. The molecule has 3 nitrogen and oxygen atoms in total. The van der Waals surface area contributed by atoms with E-state index in [-0.39, 0.29) is 0 Å². The zero-order chi connectivity index (χ0) is 13.8. The molecule has 1 aliphatic heterocycles. The van der Waals surface area contributed by atoms with Gasteiger partial charge >= 0.3 is 0 Å². The largest absolute Gasteiger partial charge is 0.330 e. The number of aromatic nitrogens is 1.